The number of nitrogens with zero attached hydrogens (tertiary/aromatic N) is 3. The Labute approximate surface area is 104 Å². The van der Waals surface area contributed by atoms with Gasteiger partial charge in [-0.3, -0.25) is 0 Å². The van der Waals surface area contributed by atoms with E-state index < -0.39 is 9.84 Å². The van der Waals surface area contributed by atoms with Crippen molar-refractivity contribution in [2.24, 2.45) is 0 Å². The fraction of sp³-hybridized carbons (Fsp3) is 0. The number of hydrogen-bond acceptors (Lipinski definition) is 6. The Kier molecular flexibility index (Phi) is 3.33. The standard InChI is InChI=1S/C11H9N4O2S/c1-2-18(16,17)10-5-3-9(4-6-10)15-11-13-7-12-8-14-11/h2-7H,1H2,(H,12,13,14,15). The van der Waals surface area contributed by atoms with Gasteiger partial charge in [-0.05, 0) is 24.3 Å². The monoisotopic (exact) mass is 261 g/mol. The lowest BCUT2D eigenvalue weighted by molar-refractivity contribution is 0.605. The van der Waals surface area contributed by atoms with Crippen LogP contribution in [0.15, 0.2) is 47.5 Å². The highest BCUT2D eigenvalue weighted by Crippen LogP contribution is 2.17. The van der Waals surface area contributed by atoms with E-state index in [2.05, 4.69) is 33.2 Å². The zero-order valence-electron chi connectivity index (χ0n) is 9.24. The predicted molar refractivity (Wildman–Crippen MR) is 65.8 cm³/mol. The van der Waals surface area contributed by atoms with E-state index in [4.69, 9.17) is 0 Å². The molecule has 1 N–H and O–H groups in total. The first-order valence-corrected chi connectivity index (χ1v) is 6.46. The van der Waals surface area contributed by atoms with Crippen LogP contribution in [0.5, 0.6) is 0 Å². The van der Waals surface area contributed by atoms with Gasteiger partial charge in [0.25, 0.3) is 0 Å². The molecule has 1 aromatic carbocycles. The molecule has 0 saturated heterocycles. The molecule has 0 unspecified atom stereocenters. The van der Waals surface area contributed by atoms with E-state index in [1.807, 2.05) is 0 Å². The lowest BCUT2D eigenvalue weighted by Gasteiger charge is -2.04. The highest BCUT2D eigenvalue weighted by atomic mass is 32.2. The summed E-state index contributed by atoms with van der Waals surface area (Å²) in [6.07, 6.45) is 3.70. The van der Waals surface area contributed by atoms with Gasteiger partial charge in [0, 0.05) is 11.1 Å². The highest BCUT2D eigenvalue weighted by molar-refractivity contribution is 7.94. The summed E-state index contributed by atoms with van der Waals surface area (Å²) in [5.41, 5.74) is 0.664. The van der Waals surface area contributed by atoms with Crippen LogP contribution in [-0.4, -0.2) is 23.4 Å². The van der Waals surface area contributed by atoms with E-state index >= 15 is 0 Å². The molecule has 0 fully saturated rings. The number of hydrogen-bond donors (Lipinski definition) is 1. The Morgan fingerprint density at radius 3 is 2.56 bits per heavy atom. The number of rotatable bonds is 4. The SMILES string of the molecule is C=CS(=O)(=O)c1ccc(Nc2n[c]ncn2)cc1. The zero-order valence-corrected chi connectivity index (χ0v) is 10.1. The summed E-state index contributed by atoms with van der Waals surface area (Å²) in [7, 11) is -3.40. The van der Waals surface area contributed by atoms with Gasteiger partial charge in [0.2, 0.25) is 12.3 Å². The molecule has 0 amide bonds. The molecule has 0 saturated carbocycles. The van der Waals surface area contributed by atoms with Crippen LogP contribution in [0.4, 0.5) is 11.6 Å². The van der Waals surface area contributed by atoms with E-state index in [0.717, 1.165) is 5.41 Å². The van der Waals surface area contributed by atoms with Crippen LogP contribution in [0.1, 0.15) is 0 Å². The van der Waals surface area contributed by atoms with Gasteiger partial charge in [-0.2, -0.15) is 4.98 Å². The molecule has 0 bridgehead atoms. The fourth-order valence-electron chi connectivity index (χ4n) is 1.23. The molecule has 18 heavy (non-hydrogen) atoms. The van der Waals surface area contributed by atoms with Crippen molar-refractivity contribution in [2.45, 2.75) is 4.90 Å². The van der Waals surface area contributed by atoms with Gasteiger partial charge < -0.3 is 5.32 Å². The maximum atomic E-state index is 11.5. The summed E-state index contributed by atoms with van der Waals surface area (Å²) in [6.45, 7) is 3.26. The lowest BCUT2D eigenvalue weighted by atomic mass is 10.3. The second-order valence-corrected chi connectivity index (χ2v) is 5.16. The molecule has 1 radical (unpaired) electrons. The van der Waals surface area contributed by atoms with Crippen molar-refractivity contribution in [1.29, 1.82) is 0 Å². The first kappa shape index (κ1) is 12.2. The Morgan fingerprint density at radius 1 is 1.28 bits per heavy atom. The molecule has 2 rings (SSSR count). The van der Waals surface area contributed by atoms with Gasteiger partial charge in [0.1, 0.15) is 6.33 Å². The van der Waals surface area contributed by atoms with Gasteiger partial charge in [0.15, 0.2) is 9.84 Å². The Morgan fingerprint density at radius 2 is 2.00 bits per heavy atom. The van der Waals surface area contributed by atoms with Crippen LogP contribution in [0.2, 0.25) is 0 Å². The molecule has 2 aromatic rings. The number of nitrogens with one attached hydrogen (secondary N) is 1. The minimum atomic E-state index is -3.40. The van der Waals surface area contributed by atoms with Crippen molar-refractivity contribution in [3.63, 3.8) is 0 Å². The first-order valence-electron chi connectivity index (χ1n) is 4.91. The maximum Gasteiger partial charge on any atom is 0.230 e. The summed E-state index contributed by atoms with van der Waals surface area (Å²) in [5.74, 6) is 0.337. The number of anilines is 2. The molecule has 6 nitrogen and oxygen atoms in total. The summed E-state index contributed by atoms with van der Waals surface area (Å²) in [5, 5.41) is 3.80. The third kappa shape index (κ3) is 2.69. The van der Waals surface area contributed by atoms with E-state index in [-0.39, 0.29) is 4.90 Å². The van der Waals surface area contributed by atoms with E-state index in [1.54, 1.807) is 12.1 Å². The molecule has 7 heteroatoms. The molecule has 0 atom stereocenters. The van der Waals surface area contributed by atoms with Crippen molar-refractivity contribution in [3.8, 4) is 0 Å². The van der Waals surface area contributed by atoms with Crippen LogP contribution >= 0.6 is 0 Å². The number of benzene rings is 1. The maximum absolute atomic E-state index is 11.5. The summed E-state index contributed by atoms with van der Waals surface area (Å²) in [4.78, 5) is 11.4. The molecular weight excluding hydrogens is 252 g/mol. The van der Waals surface area contributed by atoms with Crippen molar-refractivity contribution < 1.29 is 8.42 Å². The van der Waals surface area contributed by atoms with E-state index in [0.29, 0.717) is 11.6 Å². The number of sulfone groups is 1. The normalized spacial score (nSPS) is 10.9. The fourth-order valence-corrected chi connectivity index (χ4v) is 1.94. The smallest absolute Gasteiger partial charge is 0.230 e. The second kappa shape index (κ2) is 4.92. The molecule has 0 aliphatic rings. The molecule has 0 aliphatic carbocycles. The minimum absolute atomic E-state index is 0.185. The molecule has 91 valence electrons. The van der Waals surface area contributed by atoms with Gasteiger partial charge in [-0.25, -0.2) is 18.4 Å². The lowest BCUT2D eigenvalue weighted by Crippen LogP contribution is -1.98. The van der Waals surface area contributed by atoms with Crippen molar-refractivity contribution in [2.75, 3.05) is 5.32 Å². The van der Waals surface area contributed by atoms with Crippen LogP contribution in [-0.2, 0) is 9.84 Å². The van der Waals surface area contributed by atoms with Crippen LogP contribution in [0.3, 0.4) is 0 Å². The number of aromatic nitrogens is 3. The third-order valence-corrected chi connectivity index (χ3v) is 3.48. The van der Waals surface area contributed by atoms with Crippen LogP contribution in [0.25, 0.3) is 0 Å². The van der Waals surface area contributed by atoms with Crippen LogP contribution in [0, 0.1) is 6.33 Å². The minimum Gasteiger partial charge on any atom is -0.324 e. The molecule has 1 aromatic heterocycles. The van der Waals surface area contributed by atoms with Gasteiger partial charge >= 0.3 is 0 Å². The Hall–Kier alpha value is -2.28. The largest absolute Gasteiger partial charge is 0.324 e. The first-order chi connectivity index (χ1) is 8.62. The van der Waals surface area contributed by atoms with Gasteiger partial charge in [-0.1, -0.05) is 6.58 Å². The Balaban J connectivity index is 2.21. The highest BCUT2D eigenvalue weighted by Gasteiger charge is 2.08. The van der Waals surface area contributed by atoms with Crippen LogP contribution < -0.4 is 5.32 Å². The molecule has 0 aliphatic heterocycles. The zero-order chi connectivity index (χ0) is 13.0. The second-order valence-electron chi connectivity index (χ2n) is 3.27. The third-order valence-electron chi connectivity index (χ3n) is 2.11. The summed E-state index contributed by atoms with van der Waals surface area (Å²) in [6, 6.07) is 6.18. The van der Waals surface area contributed by atoms with Crippen molar-refractivity contribution >= 4 is 21.5 Å². The van der Waals surface area contributed by atoms with Gasteiger partial charge in [0.05, 0.1) is 4.90 Å². The summed E-state index contributed by atoms with van der Waals surface area (Å²) >= 11 is 0. The van der Waals surface area contributed by atoms with Gasteiger partial charge in [-0.15, -0.1) is 0 Å². The quantitative estimate of drug-likeness (QED) is 0.893. The molecule has 0 spiro atoms. The molecular formula is C11H9N4O2S. The van der Waals surface area contributed by atoms with Crippen molar-refractivity contribution in [3.05, 3.63) is 48.9 Å². The average Bonchev–Trinajstić information content (AvgIpc) is 2.40. The van der Waals surface area contributed by atoms with E-state index in [9.17, 15) is 8.42 Å². The molecule has 1 heterocycles. The van der Waals surface area contributed by atoms with Crippen molar-refractivity contribution in [1.82, 2.24) is 15.0 Å². The summed E-state index contributed by atoms with van der Waals surface area (Å²) < 4.78 is 23.0. The predicted octanol–water partition coefficient (Wildman–Crippen LogP) is 1.33. The average molecular weight is 261 g/mol. The Bertz CT molecular complexity index is 639. The topological polar surface area (TPSA) is 84.8 Å². The van der Waals surface area contributed by atoms with E-state index in [1.165, 1.54) is 18.5 Å².